The molecule has 0 aromatic heterocycles. The van der Waals surface area contributed by atoms with Crippen LogP contribution in [0.15, 0.2) is 48.5 Å². The van der Waals surface area contributed by atoms with Gasteiger partial charge < -0.3 is 25.4 Å². The van der Waals surface area contributed by atoms with Gasteiger partial charge in [-0.15, -0.1) is 0 Å². The quantitative estimate of drug-likeness (QED) is 0.507. The Bertz CT molecular complexity index is 997. The van der Waals surface area contributed by atoms with Gasteiger partial charge in [0, 0.05) is 13.1 Å². The monoisotopic (exact) mass is 483 g/mol. The fourth-order valence-corrected chi connectivity index (χ4v) is 3.79. The third kappa shape index (κ3) is 8.72. The Morgan fingerprint density at radius 1 is 1.03 bits per heavy atom. The molecule has 2 aromatic rings. The summed E-state index contributed by atoms with van der Waals surface area (Å²) in [4.78, 5) is 40.5. The Labute approximate surface area is 207 Å². The zero-order valence-electron chi connectivity index (χ0n) is 21.4. The first kappa shape index (κ1) is 27.9. The highest BCUT2D eigenvalue weighted by Gasteiger charge is 2.34. The van der Waals surface area contributed by atoms with Crippen LogP contribution in [-0.4, -0.2) is 52.7 Å². The molecule has 0 spiro atoms. The molecule has 35 heavy (non-hydrogen) atoms. The van der Waals surface area contributed by atoms with Crippen molar-refractivity contribution in [3.05, 3.63) is 70.8 Å². The molecule has 0 aliphatic heterocycles. The van der Waals surface area contributed by atoms with Gasteiger partial charge in [0.25, 0.3) is 0 Å². The number of carbonyl (C=O) groups excluding carboxylic acids is 3. The zero-order valence-corrected chi connectivity index (χ0v) is 21.4. The number of aliphatic hydroxyl groups excluding tert-OH is 1. The van der Waals surface area contributed by atoms with Gasteiger partial charge in [-0.05, 0) is 52.7 Å². The van der Waals surface area contributed by atoms with E-state index in [1.807, 2.05) is 62.4 Å². The van der Waals surface area contributed by atoms with E-state index in [1.165, 1.54) is 11.8 Å². The normalized spacial score (nSPS) is 12.9. The second kappa shape index (κ2) is 12.4. The van der Waals surface area contributed by atoms with Gasteiger partial charge in [-0.25, -0.2) is 4.79 Å². The lowest BCUT2D eigenvalue weighted by Crippen LogP contribution is -2.52. The molecule has 0 radical (unpaired) electrons. The van der Waals surface area contributed by atoms with Crippen molar-refractivity contribution < 1.29 is 24.2 Å². The number of amides is 3. The highest BCUT2D eigenvalue weighted by molar-refractivity contribution is 5.92. The van der Waals surface area contributed by atoms with E-state index in [4.69, 9.17) is 4.74 Å². The first-order valence-corrected chi connectivity index (χ1v) is 11.7. The van der Waals surface area contributed by atoms with Crippen LogP contribution in [0, 0.1) is 13.8 Å². The van der Waals surface area contributed by atoms with Crippen molar-refractivity contribution in [2.45, 2.75) is 65.8 Å². The number of aryl methyl sites for hydroxylation is 2. The molecule has 0 fully saturated rings. The van der Waals surface area contributed by atoms with E-state index in [9.17, 15) is 19.5 Å². The van der Waals surface area contributed by atoms with Crippen LogP contribution in [0.5, 0.6) is 0 Å². The van der Waals surface area contributed by atoms with Crippen LogP contribution >= 0.6 is 0 Å². The highest BCUT2D eigenvalue weighted by Crippen LogP contribution is 2.25. The largest absolute Gasteiger partial charge is 0.444 e. The third-order valence-corrected chi connectivity index (χ3v) is 5.16. The number of carbonyl (C=O) groups is 3. The molecule has 0 bridgehead atoms. The SMILES string of the molecule is Cc1cc(C)cc(C(C(=O)NCc2ccccc2)N(CCO)C(=O)C(C)NC(=O)OC(C)(C)C)c1. The first-order valence-electron chi connectivity index (χ1n) is 11.7. The summed E-state index contributed by atoms with van der Waals surface area (Å²) in [6.07, 6.45) is -0.737. The topological polar surface area (TPSA) is 108 Å². The van der Waals surface area contributed by atoms with E-state index in [-0.39, 0.29) is 25.6 Å². The number of nitrogens with one attached hydrogen (secondary N) is 2. The standard InChI is InChI=1S/C27H37N3O5/c1-18-14-19(2)16-22(15-18)23(24(32)28-17-21-10-8-7-9-11-21)30(12-13-31)25(33)20(3)29-26(34)35-27(4,5)6/h7-11,14-16,20,23,31H,12-13,17H2,1-6H3,(H,28,32)(H,29,34). The zero-order chi connectivity index (χ0) is 26.2. The van der Waals surface area contributed by atoms with Crippen LogP contribution in [0.3, 0.4) is 0 Å². The number of hydrogen-bond donors (Lipinski definition) is 3. The van der Waals surface area contributed by atoms with E-state index in [0.717, 1.165) is 16.7 Å². The van der Waals surface area contributed by atoms with Crippen LogP contribution in [0.2, 0.25) is 0 Å². The maximum Gasteiger partial charge on any atom is 0.408 e. The Morgan fingerprint density at radius 2 is 1.63 bits per heavy atom. The first-order chi connectivity index (χ1) is 16.4. The summed E-state index contributed by atoms with van der Waals surface area (Å²) in [6, 6.07) is 13.2. The van der Waals surface area contributed by atoms with Gasteiger partial charge in [-0.2, -0.15) is 0 Å². The van der Waals surface area contributed by atoms with Crippen molar-refractivity contribution in [1.82, 2.24) is 15.5 Å². The van der Waals surface area contributed by atoms with E-state index < -0.39 is 29.7 Å². The predicted molar refractivity (Wildman–Crippen MR) is 135 cm³/mol. The molecule has 0 aliphatic carbocycles. The molecule has 0 saturated carbocycles. The summed E-state index contributed by atoms with van der Waals surface area (Å²) in [5.41, 5.74) is 2.70. The molecule has 0 aliphatic rings. The van der Waals surface area contributed by atoms with E-state index in [2.05, 4.69) is 10.6 Å². The van der Waals surface area contributed by atoms with Gasteiger partial charge in [-0.1, -0.05) is 59.7 Å². The Balaban J connectivity index is 2.36. The van der Waals surface area contributed by atoms with Crippen molar-refractivity contribution in [1.29, 1.82) is 0 Å². The van der Waals surface area contributed by atoms with Gasteiger partial charge in [0.1, 0.15) is 17.7 Å². The van der Waals surface area contributed by atoms with E-state index in [0.29, 0.717) is 5.56 Å². The number of aliphatic hydroxyl groups is 1. The fraction of sp³-hybridized carbons (Fsp3) is 0.444. The average molecular weight is 484 g/mol. The highest BCUT2D eigenvalue weighted by atomic mass is 16.6. The second-order valence-electron chi connectivity index (χ2n) is 9.65. The molecule has 8 nitrogen and oxygen atoms in total. The minimum Gasteiger partial charge on any atom is -0.444 e. The summed E-state index contributed by atoms with van der Waals surface area (Å²) in [5, 5.41) is 15.2. The lowest BCUT2D eigenvalue weighted by atomic mass is 9.98. The molecular weight excluding hydrogens is 446 g/mol. The maximum atomic E-state index is 13.5. The van der Waals surface area contributed by atoms with Crippen LogP contribution in [0.1, 0.15) is 56.0 Å². The van der Waals surface area contributed by atoms with Crippen LogP contribution in [-0.2, 0) is 20.9 Å². The summed E-state index contributed by atoms with van der Waals surface area (Å²) in [7, 11) is 0. The van der Waals surface area contributed by atoms with Crippen LogP contribution in [0.25, 0.3) is 0 Å². The summed E-state index contributed by atoms with van der Waals surface area (Å²) in [6.45, 7) is 10.4. The van der Waals surface area contributed by atoms with E-state index >= 15 is 0 Å². The van der Waals surface area contributed by atoms with Gasteiger partial charge in [0.05, 0.1) is 6.61 Å². The summed E-state index contributed by atoms with van der Waals surface area (Å²) < 4.78 is 5.26. The molecule has 2 unspecified atom stereocenters. The molecular formula is C27H37N3O5. The fourth-order valence-electron chi connectivity index (χ4n) is 3.79. The number of ether oxygens (including phenoxy) is 1. The van der Waals surface area contributed by atoms with E-state index in [1.54, 1.807) is 20.8 Å². The smallest absolute Gasteiger partial charge is 0.408 e. The van der Waals surface area contributed by atoms with Crippen LogP contribution < -0.4 is 10.6 Å². The summed E-state index contributed by atoms with van der Waals surface area (Å²) in [5.74, 6) is -0.894. The average Bonchev–Trinajstić information content (AvgIpc) is 2.75. The molecule has 2 aromatic carbocycles. The number of benzene rings is 2. The molecule has 0 heterocycles. The lowest BCUT2D eigenvalue weighted by Gasteiger charge is -2.33. The van der Waals surface area contributed by atoms with Gasteiger partial charge >= 0.3 is 6.09 Å². The third-order valence-electron chi connectivity index (χ3n) is 5.16. The Morgan fingerprint density at radius 3 is 2.17 bits per heavy atom. The van der Waals surface area contributed by atoms with Crippen molar-refractivity contribution >= 4 is 17.9 Å². The van der Waals surface area contributed by atoms with Gasteiger partial charge in [0.2, 0.25) is 11.8 Å². The summed E-state index contributed by atoms with van der Waals surface area (Å²) >= 11 is 0. The molecule has 2 atom stereocenters. The molecule has 0 saturated heterocycles. The van der Waals surface area contributed by atoms with Crippen LogP contribution in [0.4, 0.5) is 4.79 Å². The predicted octanol–water partition coefficient (Wildman–Crippen LogP) is 3.40. The van der Waals surface area contributed by atoms with Crippen molar-refractivity contribution in [3.8, 4) is 0 Å². The molecule has 3 amide bonds. The van der Waals surface area contributed by atoms with Gasteiger partial charge in [0.15, 0.2) is 0 Å². The number of rotatable bonds is 9. The molecule has 2 rings (SSSR count). The molecule has 8 heteroatoms. The number of nitrogens with zero attached hydrogens (tertiary/aromatic N) is 1. The van der Waals surface area contributed by atoms with Crippen molar-refractivity contribution in [3.63, 3.8) is 0 Å². The lowest BCUT2D eigenvalue weighted by molar-refractivity contribution is -0.142. The number of hydrogen-bond acceptors (Lipinski definition) is 5. The molecule has 190 valence electrons. The second-order valence-corrected chi connectivity index (χ2v) is 9.65. The number of alkyl carbamates (subject to hydrolysis) is 1. The maximum absolute atomic E-state index is 13.5. The molecule has 3 N–H and O–H groups in total. The van der Waals surface area contributed by atoms with Crippen molar-refractivity contribution in [2.75, 3.05) is 13.2 Å². The minimum atomic E-state index is -1.00. The minimum absolute atomic E-state index is 0.0877. The Hall–Kier alpha value is -3.39. The van der Waals surface area contributed by atoms with Gasteiger partial charge in [-0.3, -0.25) is 9.59 Å². The van der Waals surface area contributed by atoms with Crippen molar-refractivity contribution in [2.24, 2.45) is 0 Å². The Kier molecular flexibility index (Phi) is 9.83.